The van der Waals surface area contributed by atoms with Crippen LogP contribution in [-0.4, -0.2) is 64.0 Å². The Labute approximate surface area is 174 Å². The van der Waals surface area contributed by atoms with E-state index in [2.05, 4.69) is 64.3 Å². The van der Waals surface area contributed by atoms with Crippen molar-refractivity contribution in [1.82, 2.24) is 25.1 Å². The second-order valence-corrected chi connectivity index (χ2v) is 8.47. The fourth-order valence-corrected chi connectivity index (χ4v) is 4.64. The molecule has 2 aliphatic heterocycles. The fraction of sp³-hybridized carbons (Fsp3) is 0.682. The molecule has 2 aromatic rings. The summed E-state index contributed by atoms with van der Waals surface area (Å²) in [5.74, 6) is 1.00. The minimum Gasteiger partial charge on any atom is -0.376 e. The van der Waals surface area contributed by atoms with E-state index in [9.17, 15) is 0 Å². The van der Waals surface area contributed by atoms with Gasteiger partial charge in [-0.25, -0.2) is 4.68 Å². The van der Waals surface area contributed by atoms with E-state index in [4.69, 9.17) is 4.74 Å². The van der Waals surface area contributed by atoms with Crippen molar-refractivity contribution in [2.75, 3.05) is 37.7 Å². The van der Waals surface area contributed by atoms with E-state index in [0.29, 0.717) is 0 Å². The molecule has 0 bridgehead atoms. The number of nitrogens with zero attached hydrogens (tertiary/aromatic N) is 6. The average Bonchev–Trinajstić information content (AvgIpc) is 3.41. The summed E-state index contributed by atoms with van der Waals surface area (Å²) in [5.41, 5.74) is 4.06. The topological polar surface area (TPSA) is 59.3 Å². The van der Waals surface area contributed by atoms with Crippen LogP contribution in [0, 0.1) is 13.8 Å². The molecule has 3 heterocycles. The molecule has 29 heavy (non-hydrogen) atoms. The summed E-state index contributed by atoms with van der Waals surface area (Å²) in [4.78, 5) is 5.10. The Morgan fingerprint density at radius 2 is 2.00 bits per heavy atom. The Morgan fingerprint density at radius 1 is 1.17 bits per heavy atom. The zero-order valence-electron chi connectivity index (χ0n) is 18.0. The number of ether oxygens (including phenoxy) is 1. The summed E-state index contributed by atoms with van der Waals surface area (Å²) in [5, 5.41) is 12.8. The first-order valence-electron chi connectivity index (χ1n) is 11.1. The van der Waals surface area contributed by atoms with Gasteiger partial charge in [0, 0.05) is 38.5 Å². The lowest BCUT2D eigenvalue weighted by Crippen LogP contribution is -2.48. The number of anilines is 1. The van der Waals surface area contributed by atoms with E-state index >= 15 is 0 Å². The molecule has 1 aromatic carbocycles. The van der Waals surface area contributed by atoms with Crippen LogP contribution < -0.4 is 4.90 Å². The predicted molar refractivity (Wildman–Crippen MR) is 114 cm³/mol. The van der Waals surface area contributed by atoms with Gasteiger partial charge in [-0.2, -0.15) is 0 Å². The van der Waals surface area contributed by atoms with Crippen LogP contribution in [0.25, 0.3) is 0 Å². The van der Waals surface area contributed by atoms with Crippen molar-refractivity contribution >= 4 is 5.69 Å². The molecule has 7 nitrogen and oxygen atoms in total. The lowest BCUT2D eigenvalue weighted by molar-refractivity contribution is 0.0891. The second-order valence-electron chi connectivity index (χ2n) is 8.47. The van der Waals surface area contributed by atoms with Gasteiger partial charge in [-0.05, 0) is 60.7 Å². The molecule has 0 amide bonds. The van der Waals surface area contributed by atoms with E-state index in [1.165, 1.54) is 16.8 Å². The average molecular weight is 399 g/mol. The highest BCUT2D eigenvalue weighted by atomic mass is 16.5. The molecule has 4 rings (SSSR count). The largest absolute Gasteiger partial charge is 0.376 e. The Kier molecular flexibility index (Phi) is 6.45. The lowest BCUT2D eigenvalue weighted by Gasteiger charge is -2.40. The molecule has 0 N–H and O–H groups in total. The van der Waals surface area contributed by atoms with Crippen LogP contribution in [0.5, 0.6) is 0 Å². The molecule has 2 aliphatic rings. The summed E-state index contributed by atoms with van der Waals surface area (Å²) in [7, 11) is 0. The standard InChI is InChI=1S/C22H34N6O/c1-4-6-20(22-23-24-25-28(22)16-19-7-5-14-29-19)26-10-12-27(13-11-26)21-15-17(2)8-9-18(21)3/h8-9,15,19-20H,4-7,10-14,16H2,1-3H3/t19-,20-/m0/s1. The van der Waals surface area contributed by atoms with Gasteiger partial charge in [0.1, 0.15) is 0 Å². The zero-order chi connectivity index (χ0) is 20.2. The molecular formula is C22H34N6O. The van der Waals surface area contributed by atoms with Gasteiger partial charge in [0.15, 0.2) is 5.82 Å². The molecule has 2 atom stereocenters. The monoisotopic (exact) mass is 398 g/mol. The van der Waals surface area contributed by atoms with Crippen LogP contribution in [0.2, 0.25) is 0 Å². The first-order chi connectivity index (χ1) is 14.2. The van der Waals surface area contributed by atoms with Gasteiger partial charge in [0.2, 0.25) is 0 Å². The fourth-order valence-electron chi connectivity index (χ4n) is 4.64. The summed E-state index contributed by atoms with van der Waals surface area (Å²) in [6.07, 6.45) is 4.69. The Bertz CT molecular complexity index is 792. The van der Waals surface area contributed by atoms with Gasteiger partial charge in [-0.3, -0.25) is 4.90 Å². The van der Waals surface area contributed by atoms with E-state index in [1.54, 1.807) is 0 Å². The third kappa shape index (κ3) is 4.61. The minimum atomic E-state index is 0.251. The first-order valence-corrected chi connectivity index (χ1v) is 11.1. The Balaban J connectivity index is 1.45. The molecule has 7 heteroatoms. The van der Waals surface area contributed by atoms with Gasteiger partial charge < -0.3 is 9.64 Å². The van der Waals surface area contributed by atoms with E-state index in [0.717, 1.165) is 70.8 Å². The van der Waals surface area contributed by atoms with Crippen molar-refractivity contribution < 1.29 is 4.74 Å². The number of tetrazole rings is 1. The number of hydrogen-bond acceptors (Lipinski definition) is 6. The summed E-state index contributed by atoms with van der Waals surface area (Å²) < 4.78 is 7.81. The first kappa shape index (κ1) is 20.3. The maximum Gasteiger partial charge on any atom is 0.168 e. The van der Waals surface area contributed by atoms with Crippen LogP contribution in [0.4, 0.5) is 5.69 Å². The summed E-state index contributed by atoms with van der Waals surface area (Å²) in [6.45, 7) is 12.4. The maximum atomic E-state index is 5.81. The lowest BCUT2D eigenvalue weighted by atomic mass is 10.1. The number of aryl methyl sites for hydroxylation is 2. The molecule has 0 radical (unpaired) electrons. The van der Waals surface area contributed by atoms with Crippen molar-refractivity contribution in [1.29, 1.82) is 0 Å². The number of piperazine rings is 1. The number of benzene rings is 1. The molecule has 1 aromatic heterocycles. The Morgan fingerprint density at radius 3 is 2.72 bits per heavy atom. The quantitative estimate of drug-likeness (QED) is 0.714. The third-order valence-corrected chi connectivity index (χ3v) is 6.28. The van der Waals surface area contributed by atoms with Gasteiger partial charge in [0.05, 0.1) is 18.7 Å². The second kappa shape index (κ2) is 9.22. The zero-order valence-corrected chi connectivity index (χ0v) is 18.0. The normalized spacial score (nSPS) is 21.6. The molecule has 0 aliphatic carbocycles. The van der Waals surface area contributed by atoms with Crippen LogP contribution in [0.15, 0.2) is 18.2 Å². The number of rotatable bonds is 7. The van der Waals surface area contributed by atoms with Crippen molar-refractivity contribution in [3.05, 3.63) is 35.2 Å². The minimum absolute atomic E-state index is 0.251. The third-order valence-electron chi connectivity index (χ3n) is 6.28. The van der Waals surface area contributed by atoms with Crippen LogP contribution in [0.3, 0.4) is 0 Å². The molecule has 0 saturated carbocycles. The van der Waals surface area contributed by atoms with Gasteiger partial charge in [0.25, 0.3) is 0 Å². The maximum absolute atomic E-state index is 5.81. The van der Waals surface area contributed by atoms with Crippen molar-refractivity contribution in [2.45, 2.75) is 65.1 Å². The smallest absolute Gasteiger partial charge is 0.168 e. The van der Waals surface area contributed by atoms with Gasteiger partial charge >= 0.3 is 0 Å². The molecule has 0 unspecified atom stereocenters. The number of aromatic nitrogens is 4. The summed E-state index contributed by atoms with van der Waals surface area (Å²) in [6, 6.07) is 7.02. The summed E-state index contributed by atoms with van der Waals surface area (Å²) >= 11 is 0. The van der Waals surface area contributed by atoms with Crippen LogP contribution >= 0.6 is 0 Å². The van der Waals surface area contributed by atoms with Crippen LogP contribution in [0.1, 0.15) is 55.6 Å². The van der Waals surface area contributed by atoms with E-state index in [1.807, 2.05) is 4.68 Å². The van der Waals surface area contributed by atoms with Crippen LogP contribution in [-0.2, 0) is 11.3 Å². The van der Waals surface area contributed by atoms with Crippen molar-refractivity contribution in [2.24, 2.45) is 0 Å². The molecular weight excluding hydrogens is 364 g/mol. The number of hydrogen-bond donors (Lipinski definition) is 0. The molecule has 2 saturated heterocycles. The Hall–Kier alpha value is -1.99. The molecule has 158 valence electrons. The SMILES string of the molecule is CCC[C@@H](c1nnnn1C[C@@H]1CCCO1)N1CCN(c2cc(C)ccc2C)CC1. The molecule has 2 fully saturated rings. The predicted octanol–water partition coefficient (Wildman–Crippen LogP) is 3.13. The highest BCUT2D eigenvalue weighted by molar-refractivity contribution is 5.55. The highest BCUT2D eigenvalue weighted by Gasteiger charge is 2.30. The van der Waals surface area contributed by atoms with Crippen molar-refractivity contribution in [3.8, 4) is 0 Å². The molecule has 0 spiro atoms. The highest BCUT2D eigenvalue weighted by Crippen LogP contribution is 2.28. The van der Waals surface area contributed by atoms with E-state index < -0.39 is 0 Å². The van der Waals surface area contributed by atoms with Crippen molar-refractivity contribution in [3.63, 3.8) is 0 Å². The van der Waals surface area contributed by atoms with Gasteiger partial charge in [-0.1, -0.05) is 25.5 Å². The van der Waals surface area contributed by atoms with Gasteiger partial charge in [-0.15, -0.1) is 5.10 Å². The van der Waals surface area contributed by atoms with E-state index in [-0.39, 0.29) is 12.1 Å².